The quantitative estimate of drug-likeness (QED) is 0.804. The average Bonchev–Trinajstić information content (AvgIpc) is 3.34. The lowest BCUT2D eigenvalue weighted by Gasteiger charge is -2.44. The fourth-order valence-electron chi connectivity index (χ4n) is 4.84. The van der Waals surface area contributed by atoms with Gasteiger partial charge < -0.3 is 10.2 Å². The van der Waals surface area contributed by atoms with E-state index in [0.29, 0.717) is 29.2 Å². The molecule has 2 atom stereocenters. The van der Waals surface area contributed by atoms with Gasteiger partial charge in [0.25, 0.3) is 0 Å². The van der Waals surface area contributed by atoms with Gasteiger partial charge in [0.05, 0.1) is 0 Å². The Morgan fingerprint density at radius 3 is 2.78 bits per heavy atom. The standard InChI is InChI=1S/C19H32N6OS/c1-13(2)10-16-11-24-9-5-8-15(24)12-25(16)19-23-22-18(27-19)21-17(26)20-14-6-3-4-7-14/h13-16H,3-12H2,1-2H3,(H2,20,21,22,26)/t15-,16-/m0/s1. The third-order valence-electron chi connectivity index (χ3n) is 6.11. The molecule has 2 saturated heterocycles. The van der Waals surface area contributed by atoms with Gasteiger partial charge in [-0.3, -0.25) is 10.2 Å². The summed E-state index contributed by atoms with van der Waals surface area (Å²) in [5.41, 5.74) is 0. The largest absolute Gasteiger partial charge is 0.341 e. The van der Waals surface area contributed by atoms with E-state index in [2.05, 4.69) is 44.5 Å². The van der Waals surface area contributed by atoms with Crippen LogP contribution in [0.3, 0.4) is 0 Å². The molecule has 1 aromatic rings. The minimum absolute atomic E-state index is 0.149. The predicted molar refractivity (Wildman–Crippen MR) is 110 cm³/mol. The first-order valence-corrected chi connectivity index (χ1v) is 11.3. The molecule has 0 bridgehead atoms. The highest BCUT2D eigenvalue weighted by Gasteiger charge is 2.37. The zero-order valence-corrected chi connectivity index (χ0v) is 17.3. The maximum atomic E-state index is 12.2. The lowest BCUT2D eigenvalue weighted by atomic mass is 9.98. The van der Waals surface area contributed by atoms with Crippen LogP contribution >= 0.6 is 11.3 Å². The summed E-state index contributed by atoms with van der Waals surface area (Å²) >= 11 is 1.50. The van der Waals surface area contributed by atoms with Crippen molar-refractivity contribution in [2.75, 3.05) is 29.9 Å². The molecule has 150 valence electrons. The number of amides is 2. The van der Waals surface area contributed by atoms with Gasteiger partial charge in [-0.2, -0.15) is 0 Å². The van der Waals surface area contributed by atoms with E-state index in [-0.39, 0.29) is 6.03 Å². The molecule has 8 heteroatoms. The number of carbonyl (C=O) groups is 1. The Kier molecular flexibility index (Phi) is 5.82. The molecule has 0 spiro atoms. The van der Waals surface area contributed by atoms with Crippen molar-refractivity contribution >= 4 is 27.6 Å². The highest BCUT2D eigenvalue weighted by molar-refractivity contribution is 7.19. The molecule has 1 aromatic heterocycles. The summed E-state index contributed by atoms with van der Waals surface area (Å²) in [5, 5.41) is 16.2. The topological polar surface area (TPSA) is 73.4 Å². The third kappa shape index (κ3) is 4.54. The van der Waals surface area contributed by atoms with E-state index in [4.69, 9.17) is 0 Å². The first-order chi connectivity index (χ1) is 13.1. The van der Waals surface area contributed by atoms with Crippen molar-refractivity contribution in [3.63, 3.8) is 0 Å². The molecular weight excluding hydrogens is 360 g/mol. The molecule has 1 aliphatic carbocycles. The fraction of sp³-hybridized carbons (Fsp3) is 0.842. The number of nitrogens with one attached hydrogen (secondary N) is 2. The van der Waals surface area contributed by atoms with Crippen LogP contribution in [0.2, 0.25) is 0 Å². The fourth-order valence-corrected chi connectivity index (χ4v) is 5.66. The van der Waals surface area contributed by atoms with Crippen LogP contribution in [-0.4, -0.2) is 58.9 Å². The Morgan fingerprint density at radius 1 is 1.19 bits per heavy atom. The zero-order valence-electron chi connectivity index (χ0n) is 16.5. The number of carbonyl (C=O) groups excluding carboxylic acids is 1. The van der Waals surface area contributed by atoms with Crippen LogP contribution in [0.25, 0.3) is 0 Å². The number of hydrogen-bond acceptors (Lipinski definition) is 6. The van der Waals surface area contributed by atoms with Crippen molar-refractivity contribution in [3.8, 4) is 0 Å². The molecule has 3 heterocycles. The molecule has 0 radical (unpaired) electrons. The van der Waals surface area contributed by atoms with Crippen molar-refractivity contribution in [3.05, 3.63) is 0 Å². The minimum atomic E-state index is -0.149. The second kappa shape index (κ2) is 8.31. The van der Waals surface area contributed by atoms with Gasteiger partial charge in [-0.15, -0.1) is 10.2 Å². The molecule has 7 nitrogen and oxygen atoms in total. The molecule has 0 unspecified atom stereocenters. The summed E-state index contributed by atoms with van der Waals surface area (Å²) in [6.45, 7) is 7.95. The first-order valence-electron chi connectivity index (χ1n) is 10.5. The highest BCUT2D eigenvalue weighted by Crippen LogP contribution is 2.33. The average molecular weight is 393 g/mol. The maximum absolute atomic E-state index is 12.2. The van der Waals surface area contributed by atoms with Gasteiger partial charge >= 0.3 is 6.03 Å². The monoisotopic (exact) mass is 392 g/mol. The van der Waals surface area contributed by atoms with E-state index in [1.54, 1.807) is 0 Å². The summed E-state index contributed by atoms with van der Waals surface area (Å²) in [6.07, 6.45) is 8.31. The summed E-state index contributed by atoms with van der Waals surface area (Å²) in [4.78, 5) is 17.3. The lowest BCUT2D eigenvalue weighted by molar-refractivity contribution is 0.186. The first kappa shape index (κ1) is 18.9. The predicted octanol–water partition coefficient (Wildman–Crippen LogP) is 3.30. The van der Waals surface area contributed by atoms with Crippen LogP contribution in [0.4, 0.5) is 15.1 Å². The number of anilines is 2. The number of aromatic nitrogens is 2. The second-order valence-electron chi connectivity index (χ2n) is 8.70. The number of urea groups is 1. The highest BCUT2D eigenvalue weighted by atomic mass is 32.1. The normalized spacial score (nSPS) is 26.6. The maximum Gasteiger partial charge on any atom is 0.321 e. The smallest absolute Gasteiger partial charge is 0.321 e. The van der Waals surface area contributed by atoms with Crippen molar-refractivity contribution in [1.82, 2.24) is 20.4 Å². The molecule has 2 amide bonds. The SMILES string of the molecule is CC(C)C[C@H]1CN2CCC[C@H]2CN1c1nnc(NC(=O)NC2CCCC2)s1. The van der Waals surface area contributed by atoms with Crippen LogP contribution in [0.5, 0.6) is 0 Å². The summed E-state index contributed by atoms with van der Waals surface area (Å²) in [6, 6.07) is 1.28. The van der Waals surface area contributed by atoms with Crippen molar-refractivity contribution in [2.45, 2.75) is 76.9 Å². The van der Waals surface area contributed by atoms with Crippen LogP contribution in [0, 0.1) is 5.92 Å². The number of fused-ring (bicyclic) bond motifs is 1. The number of nitrogens with zero attached hydrogens (tertiary/aromatic N) is 4. The Morgan fingerprint density at radius 2 is 2.00 bits per heavy atom. The van der Waals surface area contributed by atoms with Crippen LogP contribution in [0.15, 0.2) is 0 Å². The van der Waals surface area contributed by atoms with Gasteiger partial charge in [0.1, 0.15) is 0 Å². The Labute approximate surface area is 165 Å². The molecule has 3 fully saturated rings. The molecule has 3 aliphatic rings. The van der Waals surface area contributed by atoms with Crippen molar-refractivity contribution in [2.24, 2.45) is 5.92 Å². The molecule has 2 aliphatic heterocycles. The third-order valence-corrected chi connectivity index (χ3v) is 6.98. The van der Waals surface area contributed by atoms with Crippen LogP contribution in [-0.2, 0) is 0 Å². The van der Waals surface area contributed by atoms with Crippen LogP contribution in [0.1, 0.15) is 58.8 Å². The van der Waals surface area contributed by atoms with Gasteiger partial charge in [0.2, 0.25) is 10.3 Å². The number of rotatable bonds is 5. The van der Waals surface area contributed by atoms with E-state index < -0.39 is 0 Å². The molecule has 4 rings (SSSR count). The van der Waals surface area contributed by atoms with Gasteiger partial charge in [-0.1, -0.05) is 38.0 Å². The van der Waals surface area contributed by atoms with Gasteiger partial charge in [-0.25, -0.2) is 4.79 Å². The molecular formula is C19H32N6OS. The molecule has 27 heavy (non-hydrogen) atoms. The van der Waals surface area contributed by atoms with E-state index in [0.717, 1.165) is 37.5 Å². The second-order valence-corrected chi connectivity index (χ2v) is 9.65. The van der Waals surface area contributed by atoms with Crippen molar-refractivity contribution < 1.29 is 4.79 Å². The molecule has 0 aromatic carbocycles. The van der Waals surface area contributed by atoms with E-state index in [1.807, 2.05) is 0 Å². The molecule has 1 saturated carbocycles. The number of piperazine rings is 1. The Hall–Kier alpha value is -1.41. The zero-order chi connectivity index (χ0) is 18.8. The number of hydrogen-bond donors (Lipinski definition) is 2. The summed E-state index contributed by atoms with van der Waals surface area (Å²) in [7, 11) is 0. The van der Waals surface area contributed by atoms with Crippen LogP contribution < -0.4 is 15.5 Å². The lowest BCUT2D eigenvalue weighted by Crippen LogP contribution is -2.56. The Balaban J connectivity index is 1.41. The summed E-state index contributed by atoms with van der Waals surface area (Å²) in [5.74, 6) is 0.652. The molecule has 2 N–H and O–H groups in total. The van der Waals surface area contributed by atoms with E-state index in [9.17, 15) is 4.79 Å². The Bertz CT molecular complexity index is 644. The van der Waals surface area contributed by atoms with Crippen molar-refractivity contribution in [1.29, 1.82) is 0 Å². The van der Waals surface area contributed by atoms with Gasteiger partial charge in [-0.05, 0) is 44.6 Å². The van der Waals surface area contributed by atoms with Gasteiger partial charge in [0.15, 0.2) is 0 Å². The van der Waals surface area contributed by atoms with E-state index >= 15 is 0 Å². The summed E-state index contributed by atoms with van der Waals surface area (Å²) < 4.78 is 0. The minimum Gasteiger partial charge on any atom is -0.341 e. The van der Waals surface area contributed by atoms with Gasteiger partial charge in [0, 0.05) is 31.2 Å². The van der Waals surface area contributed by atoms with E-state index in [1.165, 1.54) is 43.6 Å².